The van der Waals surface area contributed by atoms with Crippen molar-refractivity contribution in [3.8, 4) is 11.5 Å². The smallest absolute Gasteiger partial charge is 0.234 e. The summed E-state index contributed by atoms with van der Waals surface area (Å²) in [6, 6.07) is 7.53. The van der Waals surface area contributed by atoms with E-state index in [1.807, 2.05) is 31.2 Å². The lowest BCUT2D eigenvalue weighted by Crippen LogP contribution is -2.50. The van der Waals surface area contributed by atoms with Crippen molar-refractivity contribution in [2.75, 3.05) is 50.8 Å². The zero-order valence-corrected chi connectivity index (χ0v) is 16.0. The van der Waals surface area contributed by atoms with Crippen molar-refractivity contribution in [2.24, 2.45) is 0 Å². The number of benzene rings is 1. The van der Waals surface area contributed by atoms with Gasteiger partial charge in [-0.05, 0) is 30.7 Å². The van der Waals surface area contributed by atoms with Gasteiger partial charge in [-0.1, -0.05) is 6.07 Å². The van der Waals surface area contributed by atoms with Crippen LogP contribution in [0, 0.1) is 0 Å². The number of piperazine rings is 1. The van der Waals surface area contributed by atoms with Crippen LogP contribution in [0.1, 0.15) is 18.5 Å². The topological polar surface area (TPSA) is 79.8 Å². The molecular weight excluding hydrogens is 358 g/mol. The van der Waals surface area contributed by atoms with Crippen LogP contribution in [-0.2, 0) is 4.79 Å². The summed E-state index contributed by atoms with van der Waals surface area (Å²) in [6.07, 6.45) is 3.50. The van der Waals surface area contributed by atoms with Crippen LogP contribution in [0.2, 0.25) is 0 Å². The van der Waals surface area contributed by atoms with Crippen molar-refractivity contribution in [3.63, 3.8) is 0 Å². The number of nitrogens with one attached hydrogen (secondary N) is 1. The first-order valence-electron chi connectivity index (χ1n) is 9.62. The molecule has 1 aromatic heterocycles. The second-order valence-electron chi connectivity index (χ2n) is 7.00. The molecule has 148 valence electrons. The molecule has 0 bridgehead atoms. The number of rotatable bonds is 5. The third kappa shape index (κ3) is 4.33. The Kier molecular flexibility index (Phi) is 5.57. The summed E-state index contributed by atoms with van der Waals surface area (Å²) < 4.78 is 11.2. The normalized spacial score (nSPS) is 17.8. The molecule has 1 atom stereocenters. The van der Waals surface area contributed by atoms with Crippen molar-refractivity contribution in [3.05, 3.63) is 42.2 Å². The molecule has 8 heteroatoms. The summed E-state index contributed by atoms with van der Waals surface area (Å²) in [5.74, 6) is 2.27. The quantitative estimate of drug-likeness (QED) is 0.832. The van der Waals surface area contributed by atoms with E-state index in [-0.39, 0.29) is 11.9 Å². The summed E-state index contributed by atoms with van der Waals surface area (Å²) in [4.78, 5) is 25.4. The number of fused-ring (bicyclic) bond motifs is 1. The molecule has 0 spiro atoms. The van der Waals surface area contributed by atoms with Crippen LogP contribution in [0.3, 0.4) is 0 Å². The van der Waals surface area contributed by atoms with E-state index in [0.717, 1.165) is 49.2 Å². The lowest BCUT2D eigenvalue weighted by molar-refractivity contribution is -0.123. The van der Waals surface area contributed by atoms with Crippen LogP contribution >= 0.6 is 0 Å². The van der Waals surface area contributed by atoms with E-state index in [4.69, 9.17) is 9.47 Å². The van der Waals surface area contributed by atoms with Gasteiger partial charge in [-0.3, -0.25) is 9.69 Å². The molecule has 2 aliphatic heterocycles. The molecule has 1 fully saturated rings. The van der Waals surface area contributed by atoms with Gasteiger partial charge in [0.1, 0.15) is 13.2 Å². The summed E-state index contributed by atoms with van der Waals surface area (Å²) in [5, 5.41) is 3.08. The predicted molar refractivity (Wildman–Crippen MR) is 105 cm³/mol. The van der Waals surface area contributed by atoms with Gasteiger partial charge in [0.2, 0.25) is 11.9 Å². The summed E-state index contributed by atoms with van der Waals surface area (Å²) >= 11 is 0. The Balaban J connectivity index is 1.27. The second-order valence-corrected chi connectivity index (χ2v) is 7.00. The van der Waals surface area contributed by atoms with E-state index < -0.39 is 0 Å². The second kappa shape index (κ2) is 8.43. The molecule has 28 heavy (non-hydrogen) atoms. The van der Waals surface area contributed by atoms with E-state index in [1.165, 1.54) is 0 Å². The first kappa shape index (κ1) is 18.5. The van der Waals surface area contributed by atoms with Gasteiger partial charge in [0, 0.05) is 38.6 Å². The molecule has 1 saturated heterocycles. The summed E-state index contributed by atoms with van der Waals surface area (Å²) in [6.45, 7) is 6.74. The van der Waals surface area contributed by atoms with Crippen molar-refractivity contribution in [2.45, 2.75) is 13.0 Å². The maximum atomic E-state index is 12.5. The minimum Gasteiger partial charge on any atom is -0.486 e. The molecule has 0 radical (unpaired) electrons. The van der Waals surface area contributed by atoms with Crippen molar-refractivity contribution >= 4 is 11.9 Å². The molecule has 8 nitrogen and oxygen atoms in total. The molecule has 1 N–H and O–H groups in total. The van der Waals surface area contributed by atoms with Crippen LogP contribution in [0.4, 0.5) is 5.95 Å². The zero-order valence-electron chi connectivity index (χ0n) is 16.0. The van der Waals surface area contributed by atoms with Crippen molar-refractivity contribution in [1.29, 1.82) is 0 Å². The Hall–Kier alpha value is -2.87. The first-order valence-corrected chi connectivity index (χ1v) is 9.62. The number of anilines is 1. The Morgan fingerprint density at radius 1 is 1.11 bits per heavy atom. The highest BCUT2D eigenvalue weighted by atomic mass is 16.6. The van der Waals surface area contributed by atoms with E-state index in [1.54, 1.807) is 12.4 Å². The molecule has 0 aliphatic carbocycles. The third-order valence-electron chi connectivity index (χ3n) is 5.02. The van der Waals surface area contributed by atoms with Gasteiger partial charge in [0.05, 0.1) is 12.6 Å². The van der Waals surface area contributed by atoms with E-state index >= 15 is 0 Å². The van der Waals surface area contributed by atoms with Gasteiger partial charge in [0.15, 0.2) is 11.5 Å². The molecule has 0 unspecified atom stereocenters. The number of nitrogens with zero attached hydrogens (tertiary/aromatic N) is 4. The lowest BCUT2D eigenvalue weighted by atomic mass is 10.1. The number of hydrogen-bond acceptors (Lipinski definition) is 7. The summed E-state index contributed by atoms with van der Waals surface area (Å²) in [5.41, 5.74) is 1.00. The minimum absolute atomic E-state index is 0.0202. The first-order chi connectivity index (χ1) is 13.7. The maximum absolute atomic E-state index is 12.5. The number of carbonyl (C=O) groups excluding carboxylic acids is 1. The molecule has 1 amide bonds. The van der Waals surface area contributed by atoms with Crippen LogP contribution in [0.15, 0.2) is 36.7 Å². The van der Waals surface area contributed by atoms with Crippen LogP contribution in [-0.4, -0.2) is 66.7 Å². The Morgan fingerprint density at radius 2 is 1.82 bits per heavy atom. The third-order valence-corrected chi connectivity index (χ3v) is 5.02. The van der Waals surface area contributed by atoms with Gasteiger partial charge in [-0.2, -0.15) is 0 Å². The van der Waals surface area contributed by atoms with Crippen molar-refractivity contribution in [1.82, 2.24) is 20.2 Å². The maximum Gasteiger partial charge on any atom is 0.234 e. The summed E-state index contributed by atoms with van der Waals surface area (Å²) in [7, 11) is 0. The largest absolute Gasteiger partial charge is 0.486 e. The molecular formula is C20H25N5O3. The minimum atomic E-state index is -0.0951. The Morgan fingerprint density at radius 3 is 2.57 bits per heavy atom. The molecule has 2 aromatic rings. The molecule has 1 aromatic carbocycles. The lowest BCUT2D eigenvalue weighted by Gasteiger charge is -2.34. The van der Waals surface area contributed by atoms with Gasteiger partial charge in [-0.25, -0.2) is 9.97 Å². The van der Waals surface area contributed by atoms with E-state index in [2.05, 4.69) is 25.1 Å². The molecule has 2 aliphatic rings. The predicted octanol–water partition coefficient (Wildman–Crippen LogP) is 1.25. The van der Waals surface area contributed by atoms with Gasteiger partial charge >= 0.3 is 0 Å². The zero-order chi connectivity index (χ0) is 19.3. The van der Waals surface area contributed by atoms with E-state index in [0.29, 0.717) is 19.8 Å². The Labute approximate surface area is 164 Å². The standard InChI is InChI=1S/C20H25N5O3/c1-15(16-3-4-17-18(13-16)28-12-11-27-17)23-19(26)14-24-7-9-25(10-8-24)20-21-5-2-6-22-20/h2-6,13,15H,7-12,14H2,1H3,(H,23,26)/t15-/m1/s1. The average Bonchev–Trinajstić information content (AvgIpc) is 2.74. The number of amides is 1. The van der Waals surface area contributed by atoms with Crippen LogP contribution < -0.4 is 19.7 Å². The van der Waals surface area contributed by atoms with E-state index in [9.17, 15) is 4.79 Å². The Bertz CT molecular complexity index is 809. The van der Waals surface area contributed by atoms with Crippen LogP contribution in [0.25, 0.3) is 0 Å². The fourth-order valence-electron chi connectivity index (χ4n) is 3.46. The average molecular weight is 383 g/mol. The molecule has 0 saturated carbocycles. The number of hydrogen-bond donors (Lipinski definition) is 1. The number of aromatic nitrogens is 2. The fourth-order valence-corrected chi connectivity index (χ4v) is 3.46. The highest BCUT2D eigenvalue weighted by Gasteiger charge is 2.21. The number of carbonyl (C=O) groups is 1. The van der Waals surface area contributed by atoms with Gasteiger partial charge in [-0.15, -0.1) is 0 Å². The van der Waals surface area contributed by atoms with Gasteiger partial charge in [0.25, 0.3) is 0 Å². The fraction of sp³-hybridized carbons (Fsp3) is 0.450. The van der Waals surface area contributed by atoms with Crippen molar-refractivity contribution < 1.29 is 14.3 Å². The SMILES string of the molecule is C[C@@H](NC(=O)CN1CCN(c2ncccn2)CC1)c1ccc2c(c1)OCCO2. The highest BCUT2D eigenvalue weighted by Crippen LogP contribution is 2.32. The molecule has 4 rings (SSSR count). The monoisotopic (exact) mass is 383 g/mol. The van der Waals surface area contributed by atoms with Gasteiger partial charge < -0.3 is 19.7 Å². The number of ether oxygens (including phenoxy) is 2. The van der Waals surface area contributed by atoms with Crippen LogP contribution in [0.5, 0.6) is 11.5 Å². The highest BCUT2D eigenvalue weighted by molar-refractivity contribution is 5.78. The molecule has 3 heterocycles.